The first-order chi connectivity index (χ1) is 15.5. The van der Waals surface area contributed by atoms with Crippen LogP contribution in [0.15, 0.2) is 40.2 Å². The Kier molecular flexibility index (Phi) is 7.56. The lowest BCUT2D eigenvalue weighted by Gasteiger charge is -2.27. The Morgan fingerprint density at radius 2 is 2.12 bits per heavy atom. The molecular formula is C22H24N4O3S3. The van der Waals surface area contributed by atoms with Gasteiger partial charge in [-0.05, 0) is 31.4 Å². The summed E-state index contributed by atoms with van der Waals surface area (Å²) < 4.78 is 6.06. The van der Waals surface area contributed by atoms with Crippen molar-refractivity contribution in [2.75, 3.05) is 18.5 Å². The number of nitrogens with zero attached hydrogens (tertiary/aromatic N) is 3. The molecule has 0 saturated heterocycles. The van der Waals surface area contributed by atoms with E-state index >= 15 is 0 Å². The molecular weight excluding hydrogens is 464 g/mol. The highest BCUT2D eigenvalue weighted by Gasteiger charge is 2.30. The molecule has 1 aromatic carbocycles. The minimum Gasteiger partial charge on any atom is -0.462 e. The number of thioether (sulfide) groups is 1. The van der Waals surface area contributed by atoms with E-state index in [1.54, 1.807) is 12.4 Å². The number of thiophene rings is 1. The van der Waals surface area contributed by atoms with E-state index in [4.69, 9.17) is 4.74 Å². The van der Waals surface area contributed by atoms with E-state index in [0.717, 1.165) is 40.8 Å². The van der Waals surface area contributed by atoms with Crippen LogP contribution in [0.5, 0.6) is 0 Å². The molecule has 32 heavy (non-hydrogen) atoms. The minimum atomic E-state index is -0.374. The van der Waals surface area contributed by atoms with Crippen LogP contribution in [0.4, 0.5) is 5.00 Å². The molecule has 1 N–H and O–H groups in total. The fraction of sp³-hybridized carbons (Fsp3) is 0.364. The average molecular weight is 489 g/mol. The van der Waals surface area contributed by atoms with Crippen molar-refractivity contribution in [2.24, 2.45) is 0 Å². The Hall–Kier alpha value is -2.27. The average Bonchev–Trinajstić information content (AvgIpc) is 3.41. The third-order valence-corrected chi connectivity index (χ3v) is 8.13. The molecule has 168 valence electrons. The van der Waals surface area contributed by atoms with Gasteiger partial charge in [0.2, 0.25) is 5.91 Å². The summed E-state index contributed by atoms with van der Waals surface area (Å²) in [5.74, 6) is -0.545. The predicted octanol–water partition coefficient (Wildman–Crippen LogP) is 4.45. The standard InChI is InChI=1S/C22H24N4O3S3/c1-3-29-21(28)18-16-9-10-26(11-15-7-5-4-6-8-15)12-17(16)32-20(18)24-19(27)14(2)31-22-25-23-13-30-22/h4-8,13-14H,3,9-12H2,1-2H3,(H,24,27). The first kappa shape index (κ1) is 22.9. The van der Waals surface area contributed by atoms with Crippen molar-refractivity contribution in [1.29, 1.82) is 0 Å². The molecule has 3 heterocycles. The maximum Gasteiger partial charge on any atom is 0.341 e. The molecule has 2 aromatic heterocycles. The van der Waals surface area contributed by atoms with Crippen molar-refractivity contribution in [3.05, 3.63) is 57.4 Å². The van der Waals surface area contributed by atoms with Gasteiger partial charge in [-0.1, -0.05) is 53.4 Å². The van der Waals surface area contributed by atoms with Crippen LogP contribution in [0, 0.1) is 0 Å². The highest BCUT2D eigenvalue weighted by atomic mass is 32.2. The second-order valence-electron chi connectivity index (χ2n) is 7.33. The van der Waals surface area contributed by atoms with E-state index in [2.05, 4.69) is 32.5 Å². The monoisotopic (exact) mass is 488 g/mol. The predicted molar refractivity (Wildman–Crippen MR) is 128 cm³/mol. The number of hydrogen-bond donors (Lipinski definition) is 1. The van der Waals surface area contributed by atoms with Crippen LogP contribution in [0.2, 0.25) is 0 Å². The number of anilines is 1. The van der Waals surface area contributed by atoms with Gasteiger partial charge in [0.25, 0.3) is 0 Å². The Labute approximate surface area is 199 Å². The first-order valence-corrected chi connectivity index (χ1v) is 12.9. The molecule has 0 spiro atoms. The summed E-state index contributed by atoms with van der Waals surface area (Å²) in [6.45, 7) is 6.34. The molecule has 0 bridgehead atoms. The fourth-order valence-corrected chi connectivity index (χ4v) is 6.48. The summed E-state index contributed by atoms with van der Waals surface area (Å²) in [5, 5.41) is 11.0. The van der Waals surface area contributed by atoms with Gasteiger partial charge in [0.05, 0.1) is 17.4 Å². The van der Waals surface area contributed by atoms with E-state index < -0.39 is 0 Å². The smallest absolute Gasteiger partial charge is 0.341 e. The third-order valence-electron chi connectivity index (χ3n) is 5.09. The highest BCUT2D eigenvalue weighted by molar-refractivity contribution is 8.02. The summed E-state index contributed by atoms with van der Waals surface area (Å²) in [6.07, 6.45) is 0.748. The number of carbonyl (C=O) groups is 2. The molecule has 1 aliphatic heterocycles. The molecule has 1 aliphatic rings. The van der Waals surface area contributed by atoms with E-state index in [9.17, 15) is 9.59 Å². The van der Waals surface area contributed by atoms with E-state index in [1.807, 2.05) is 25.1 Å². The van der Waals surface area contributed by atoms with Gasteiger partial charge in [-0.3, -0.25) is 9.69 Å². The molecule has 1 unspecified atom stereocenters. The molecule has 4 rings (SSSR count). The lowest BCUT2D eigenvalue weighted by atomic mass is 10.0. The zero-order valence-electron chi connectivity index (χ0n) is 17.9. The first-order valence-electron chi connectivity index (χ1n) is 10.4. The van der Waals surface area contributed by atoms with E-state index in [1.165, 1.54) is 40.0 Å². The zero-order valence-corrected chi connectivity index (χ0v) is 20.3. The molecule has 0 aliphatic carbocycles. The van der Waals surface area contributed by atoms with Crippen LogP contribution >= 0.6 is 34.4 Å². The Morgan fingerprint density at radius 1 is 1.31 bits per heavy atom. The number of rotatable bonds is 8. The van der Waals surface area contributed by atoms with Crippen molar-refractivity contribution in [1.82, 2.24) is 15.1 Å². The second kappa shape index (κ2) is 10.6. The largest absolute Gasteiger partial charge is 0.462 e. The number of hydrogen-bond acceptors (Lipinski definition) is 9. The van der Waals surface area contributed by atoms with Gasteiger partial charge >= 0.3 is 5.97 Å². The normalized spacial score (nSPS) is 14.6. The number of nitrogens with one attached hydrogen (secondary N) is 1. The molecule has 1 atom stereocenters. The van der Waals surface area contributed by atoms with Crippen LogP contribution in [-0.4, -0.2) is 45.4 Å². The van der Waals surface area contributed by atoms with Gasteiger partial charge in [0.15, 0.2) is 4.34 Å². The van der Waals surface area contributed by atoms with E-state index in [0.29, 0.717) is 17.2 Å². The van der Waals surface area contributed by atoms with Gasteiger partial charge in [-0.15, -0.1) is 21.5 Å². The molecule has 3 aromatic rings. The number of amides is 1. The summed E-state index contributed by atoms with van der Waals surface area (Å²) >= 11 is 4.22. The lowest BCUT2D eigenvalue weighted by Crippen LogP contribution is -2.30. The van der Waals surface area contributed by atoms with Crippen LogP contribution in [0.3, 0.4) is 0 Å². The molecule has 0 fully saturated rings. The lowest BCUT2D eigenvalue weighted by molar-refractivity contribution is -0.115. The minimum absolute atomic E-state index is 0.171. The second-order valence-corrected chi connectivity index (χ2v) is 10.9. The number of benzene rings is 1. The quantitative estimate of drug-likeness (QED) is 0.370. The molecule has 10 heteroatoms. The molecule has 1 amide bonds. The summed E-state index contributed by atoms with van der Waals surface area (Å²) in [4.78, 5) is 29.1. The summed E-state index contributed by atoms with van der Waals surface area (Å²) in [5.41, 5.74) is 4.40. The van der Waals surface area contributed by atoms with Crippen molar-refractivity contribution in [2.45, 2.75) is 42.9 Å². The third kappa shape index (κ3) is 5.37. The van der Waals surface area contributed by atoms with Crippen LogP contribution in [-0.2, 0) is 29.0 Å². The summed E-state index contributed by atoms with van der Waals surface area (Å²) in [7, 11) is 0. The van der Waals surface area contributed by atoms with Gasteiger partial charge in [0, 0.05) is 24.5 Å². The topological polar surface area (TPSA) is 84.4 Å². The SMILES string of the molecule is CCOC(=O)c1c(NC(=O)C(C)Sc2nncs2)sc2c1CCN(Cc1ccccc1)C2. The van der Waals surface area contributed by atoms with Gasteiger partial charge in [-0.2, -0.15) is 0 Å². The van der Waals surface area contributed by atoms with Crippen molar-refractivity contribution < 1.29 is 14.3 Å². The Bertz CT molecular complexity index is 1070. The van der Waals surface area contributed by atoms with Crippen molar-refractivity contribution in [3.63, 3.8) is 0 Å². The van der Waals surface area contributed by atoms with E-state index in [-0.39, 0.29) is 17.1 Å². The fourth-order valence-electron chi connectivity index (χ4n) is 3.57. The Balaban J connectivity index is 1.53. The highest BCUT2D eigenvalue weighted by Crippen LogP contribution is 2.38. The molecule has 0 radical (unpaired) electrons. The number of carbonyl (C=O) groups excluding carboxylic acids is 2. The number of aromatic nitrogens is 2. The number of esters is 1. The summed E-state index contributed by atoms with van der Waals surface area (Å²) in [6, 6.07) is 10.3. The number of ether oxygens (including phenoxy) is 1. The molecule has 7 nitrogen and oxygen atoms in total. The van der Waals surface area contributed by atoms with Gasteiger partial charge in [0.1, 0.15) is 10.5 Å². The van der Waals surface area contributed by atoms with Gasteiger partial charge in [-0.25, -0.2) is 4.79 Å². The maximum atomic E-state index is 12.9. The van der Waals surface area contributed by atoms with Crippen molar-refractivity contribution in [3.8, 4) is 0 Å². The van der Waals surface area contributed by atoms with Crippen LogP contribution in [0.25, 0.3) is 0 Å². The Morgan fingerprint density at radius 3 is 2.84 bits per heavy atom. The van der Waals surface area contributed by atoms with Crippen LogP contribution < -0.4 is 5.32 Å². The molecule has 0 saturated carbocycles. The van der Waals surface area contributed by atoms with Crippen molar-refractivity contribution >= 4 is 51.3 Å². The zero-order chi connectivity index (χ0) is 22.5. The number of fused-ring (bicyclic) bond motifs is 1. The van der Waals surface area contributed by atoms with Gasteiger partial charge < -0.3 is 10.1 Å². The maximum absolute atomic E-state index is 12.9. The van der Waals surface area contributed by atoms with Crippen LogP contribution in [0.1, 0.15) is 40.2 Å².